The molecular formula is C75H120O6. The Bertz CT molecular complexity index is 1810. The largest absolute Gasteiger partial charge is 0.462 e. The van der Waals surface area contributed by atoms with Gasteiger partial charge in [-0.1, -0.05) is 275 Å². The van der Waals surface area contributed by atoms with Crippen LogP contribution >= 0.6 is 0 Å². The predicted molar refractivity (Wildman–Crippen MR) is 352 cm³/mol. The van der Waals surface area contributed by atoms with Gasteiger partial charge in [-0.2, -0.15) is 0 Å². The number of carbonyl (C=O) groups is 3. The number of hydrogen-bond acceptors (Lipinski definition) is 6. The number of allylic oxidation sites excluding steroid dienone is 26. The highest BCUT2D eigenvalue weighted by Crippen LogP contribution is 2.16. The van der Waals surface area contributed by atoms with Gasteiger partial charge in [0.25, 0.3) is 0 Å². The van der Waals surface area contributed by atoms with Crippen LogP contribution in [0.5, 0.6) is 0 Å². The molecule has 6 nitrogen and oxygen atoms in total. The van der Waals surface area contributed by atoms with E-state index in [-0.39, 0.29) is 37.5 Å². The van der Waals surface area contributed by atoms with E-state index in [0.717, 1.165) is 154 Å². The minimum absolute atomic E-state index is 0.107. The van der Waals surface area contributed by atoms with Crippen molar-refractivity contribution >= 4 is 17.9 Å². The fourth-order valence-electron chi connectivity index (χ4n) is 8.69. The molecule has 1 unspecified atom stereocenters. The maximum Gasteiger partial charge on any atom is 0.306 e. The second kappa shape index (κ2) is 67.5. The fraction of sp³-hybridized carbons (Fsp3) is 0.613. The lowest BCUT2D eigenvalue weighted by molar-refractivity contribution is -0.167. The molecule has 0 aromatic rings. The Morgan fingerprint density at radius 1 is 0.247 bits per heavy atom. The molecule has 6 heteroatoms. The molecule has 0 aliphatic carbocycles. The molecule has 0 aromatic carbocycles. The van der Waals surface area contributed by atoms with Crippen molar-refractivity contribution in [2.45, 2.75) is 284 Å². The zero-order valence-corrected chi connectivity index (χ0v) is 52.2. The molecule has 0 radical (unpaired) electrons. The smallest absolute Gasteiger partial charge is 0.306 e. The maximum atomic E-state index is 12.9. The lowest BCUT2D eigenvalue weighted by Crippen LogP contribution is -2.30. The summed E-state index contributed by atoms with van der Waals surface area (Å²) < 4.78 is 16.9. The maximum absolute atomic E-state index is 12.9. The first-order chi connectivity index (χ1) is 40.0. The minimum atomic E-state index is -0.817. The van der Waals surface area contributed by atoms with E-state index >= 15 is 0 Å². The molecular weight excluding hydrogens is 997 g/mol. The number of ether oxygens (including phenoxy) is 3. The number of hydrogen-bond donors (Lipinski definition) is 0. The van der Waals surface area contributed by atoms with Crippen LogP contribution in [-0.2, 0) is 28.6 Å². The van der Waals surface area contributed by atoms with Crippen molar-refractivity contribution in [1.82, 2.24) is 0 Å². The van der Waals surface area contributed by atoms with E-state index in [1.165, 1.54) is 77.0 Å². The highest BCUT2D eigenvalue weighted by molar-refractivity contribution is 5.71. The summed E-state index contributed by atoms with van der Waals surface area (Å²) in [5.74, 6) is -0.969. The van der Waals surface area contributed by atoms with Crippen molar-refractivity contribution in [3.8, 4) is 0 Å². The normalized spacial score (nSPS) is 13.2. The van der Waals surface area contributed by atoms with Crippen molar-refractivity contribution in [2.24, 2.45) is 0 Å². The van der Waals surface area contributed by atoms with E-state index < -0.39 is 6.10 Å². The standard InChI is InChI=1S/C75H120O6/c1-4-7-10-13-16-19-22-25-28-30-32-34-35-36-37-38-39-41-42-44-47-50-53-56-59-62-65-68-74(77)80-71-72(70-79-73(76)67-64-61-58-55-52-49-46-27-24-21-18-15-12-9-6-3)81-75(78)69-66-63-60-57-54-51-48-45-43-40-33-31-29-26-23-20-17-14-11-8-5-2/h7-12,16-21,25-29,32-34,40,45-46,48,54,57,72H,4-6,13-15,22-24,30-31,35-39,41-44,47,49-53,55-56,58-71H2,1-3H3/b10-7-,11-8-,12-9-,19-16-,20-17-,21-18-,28-25-,29-26-,34-32-,40-33-,46-27-,48-45-,57-54-. The van der Waals surface area contributed by atoms with Crippen LogP contribution in [0.25, 0.3) is 0 Å². The SMILES string of the molecule is CC/C=C\C/C=C\C/C=C\C/C=C\C/C=C\C/C=C\CCCCC(=O)OC(COC(=O)CCCCCCC/C=C\C/C=C\C/C=C\CC)COC(=O)CCCCCCCCCCCCCCCC/C=C\C/C=C\C/C=C\C/C=C\CC. The van der Waals surface area contributed by atoms with Gasteiger partial charge in [0.2, 0.25) is 0 Å². The number of esters is 3. The molecule has 1 atom stereocenters. The summed E-state index contributed by atoms with van der Waals surface area (Å²) in [7, 11) is 0. The summed E-state index contributed by atoms with van der Waals surface area (Å²) in [6.07, 6.45) is 98.3. The van der Waals surface area contributed by atoms with Crippen LogP contribution in [0.1, 0.15) is 278 Å². The quantitative estimate of drug-likeness (QED) is 0.0261. The fourth-order valence-corrected chi connectivity index (χ4v) is 8.69. The zero-order chi connectivity index (χ0) is 58.5. The van der Waals surface area contributed by atoms with Gasteiger partial charge in [0, 0.05) is 19.3 Å². The van der Waals surface area contributed by atoms with Crippen LogP contribution < -0.4 is 0 Å². The van der Waals surface area contributed by atoms with Crippen LogP contribution in [0, 0.1) is 0 Å². The predicted octanol–water partition coefficient (Wildman–Crippen LogP) is 22.9. The Balaban J connectivity index is 4.42. The minimum Gasteiger partial charge on any atom is -0.462 e. The first kappa shape index (κ1) is 76.0. The molecule has 0 heterocycles. The third-order valence-corrected chi connectivity index (χ3v) is 13.5. The lowest BCUT2D eigenvalue weighted by Gasteiger charge is -2.18. The molecule has 0 aliphatic heterocycles. The van der Waals surface area contributed by atoms with Gasteiger partial charge in [-0.3, -0.25) is 14.4 Å². The van der Waals surface area contributed by atoms with Gasteiger partial charge < -0.3 is 14.2 Å². The Kier molecular flexibility index (Phi) is 63.4. The van der Waals surface area contributed by atoms with Crippen molar-refractivity contribution in [3.05, 3.63) is 158 Å². The molecule has 0 bridgehead atoms. The number of rotatable bonds is 58. The Hall–Kier alpha value is -4.97. The van der Waals surface area contributed by atoms with Gasteiger partial charge in [-0.15, -0.1) is 0 Å². The molecule has 81 heavy (non-hydrogen) atoms. The lowest BCUT2D eigenvalue weighted by atomic mass is 10.0. The third-order valence-electron chi connectivity index (χ3n) is 13.5. The van der Waals surface area contributed by atoms with Crippen LogP contribution in [0.2, 0.25) is 0 Å². The molecule has 0 saturated carbocycles. The second-order valence-electron chi connectivity index (χ2n) is 21.2. The first-order valence-corrected chi connectivity index (χ1v) is 33.0. The summed E-state index contributed by atoms with van der Waals surface area (Å²) in [6.45, 7) is 6.26. The number of unbranched alkanes of at least 4 members (excludes halogenated alkanes) is 21. The van der Waals surface area contributed by atoms with Crippen LogP contribution in [0.15, 0.2) is 158 Å². The van der Waals surface area contributed by atoms with Gasteiger partial charge >= 0.3 is 17.9 Å². The highest BCUT2D eigenvalue weighted by atomic mass is 16.6. The first-order valence-electron chi connectivity index (χ1n) is 33.0. The monoisotopic (exact) mass is 1120 g/mol. The second-order valence-corrected chi connectivity index (χ2v) is 21.2. The molecule has 0 rings (SSSR count). The highest BCUT2D eigenvalue weighted by Gasteiger charge is 2.19. The van der Waals surface area contributed by atoms with E-state index in [9.17, 15) is 14.4 Å². The molecule has 456 valence electrons. The summed E-state index contributed by atoms with van der Waals surface area (Å²) >= 11 is 0. The number of carbonyl (C=O) groups excluding carboxylic acids is 3. The summed E-state index contributed by atoms with van der Waals surface area (Å²) in [6, 6.07) is 0. The Morgan fingerprint density at radius 3 is 0.716 bits per heavy atom. The summed E-state index contributed by atoms with van der Waals surface area (Å²) in [5.41, 5.74) is 0. The van der Waals surface area contributed by atoms with Gasteiger partial charge in [0.15, 0.2) is 6.10 Å². The molecule has 0 fully saturated rings. The Morgan fingerprint density at radius 2 is 0.444 bits per heavy atom. The molecule has 0 amide bonds. The van der Waals surface area contributed by atoms with Crippen molar-refractivity contribution in [1.29, 1.82) is 0 Å². The van der Waals surface area contributed by atoms with Gasteiger partial charge in [-0.05, 0) is 141 Å². The van der Waals surface area contributed by atoms with E-state index in [2.05, 4.69) is 179 Å². The average Bonchev–Trinajstić information content (AvgIpc) is 3.47. The molecule has 0 aliphatic rings. The average molecular weight is 1120 g/mol. The van der Waals surface area contributed by atoms with Crippen LogP contribution in [0.4, 0.5) is 0 Å². The van der Waals surface area contributed by atoms with Crippen LogP contribution in [0.3, 0.4) is 0 Å². The van der Waals surface area contributed by atoms with Crippen molar-refractivity contribution in [2.75, 3.05) is 13.2 Å². The van der Waals surface area contributed by atoms with E-state index in [4.69, 9.17) is 14.2 Å². The third kappa shape index (κ3) is 65.7. The Labute approximate surface area is 499 Å². The van der Waals surface area contributed by atoms with Crippen molar-refractivity contribution in [3.63, 3.8) is 0 Å². The van der Waals surface area contributed by atoms with Gasteiger partial charge in [-0.25, -0.2) is 0 Å². The van der Waals surface area contributed by atoms with E-state index in [0.29, 0.717) is 19.3 Å². The van der Waals surface area contributed by atoms with E-state index in [1.54, 1.807) is 0 Å². The van der Waals surface area contributed by atoms with E-state index in [1.807, 2.05) is 0 Å². The zero-order valence-electron chi connectivity index (χ0n) is 52.2. The molecule has 0 N–H and O–H groups in total. The molecule has 0 aromatic heterocycles. The van der Waals surface area contributed by atoms with Crippen LogP contribution in [-0.4, -0.2) is 37.2 Å². The van der Waals surface area contributed by atoms with Crippen molar-refractivity contribution < 1.29 is 28.6 Å². The molecule has 0 saturated heterocycles. The topological polar surface area (TPSA) is 78.9 Å². The summed E-state index contributed by atoms with van der Waals surface area (Å²) in [5, 5.41) is 0. The van der Waals surface area contributed by atoms with Gasteiger partial charge in [0.1, 0.15) is 13.2 Å². The summed E-state index contributed by atoms with van der Waals surface area (Å²) in [4.78, 5) is 38.4. The van der Waals surface area contributed by atoms with Gasteiger partial charge in [0.05, 0.1) is 0 Å². The molecule has 0 spiro atoms.